The van der Waals surface area contributed by atoms with E-state index >= 15 is 0 Å². The van der Waals surface area contributed by atoms with E-state index < -0.39 is 12.7 Å². The Balaban J connectivity index is 2.06. The number of alkyl halides is 3. The molecule has 0 aliphatic carbocycles. The lowest BCUT2D eigenvalue weighted by molar-refractivity contribution is -0.119. The molecule has 0 bridgehead atoms. The highest BCUT2D eigenvalue weighted by molar-refractivity contribution is 6.29. The Morgan fingerprint density at radius 3 is 2.59 bits per heavy atom. The number of halogens is 4. The number of benzene rings is 1. The van der Waals surface area contributed by atoms with Crippen LogP contribution >= 0.6 is 11.6 Å². The Bertz CT molecular complexity index is 995. The number of ether oxygens (including phenoxy) is 1. The maximum absolute atomic E-state index is 13.2. The van der Waals surface area contributed by atoms with Crippen molar-refractivity contribution in [3.05, 3.63) is 52.9 Å². The van der Waals surface area contributed by atoms with E-state index in [4.69, 9.17) is 21.6 Å². The molecular weight excluding hydrogens is 383 g/mol. The third-order valence-electron chi connectivity index (χ3n) is 3.78. The third-order valence-corrected chi connectivity index (χ3v) is 3.96. The third kappa shape index (κ3) is 4.23. The Morgan fingerprint density at radius 2 is 2.00 bits per heavy atom. The van der Waals surface area contributed by atoms with Crippen molar-refractivity contribution < 1.29 is 17.9 Å². The van der Waals surface area contributed by atoms with Crippen molar-refractivity contribution in [3.63, 3.8) is 0 Å². The minimum absolute atomic E-state index is 0.0473. The maximum Gasteiger partial charge on any atom is 0.405 e. The summed E-state index contributed by atoms with van der Waals surface area (Å²) in [6, 6.07) is 9.87. The Kier molecular flexibility index (Phi) is 5.10. The average molecular weight is 396 g/mol. The van der Waals surface area contributed by atoms with Crippen LogP contribution in [-0.4, -0.2) is 34.4 Å². The molecule has 2 aromatic heterocycles. The number of hydrogen-bond donors (Lipinski definition) is 0. The number of aromatic nitrogens is 3. The van der Waals surface area contributed by atoms with Gasteiger partial charge in [0.15, 0.2) is 16.5 Å². The molecular formula is C17H13ClF3N5O. The van der Waals surface area contributed by atoms with Crippen LogP contribution in [0.3, 0.4) is 0 Å². The fourth-order valence-electron chi connectivity index (χ4n) is 2.63. The van der Waals surface area contributed by atoms with E-state index in [1.807, 2.05) is 6.07 Å². The lowest BCUT2D eigenvalue weighted by Gasteiger charge is -2.26. The first-order valence-electron chi connectivity index (χ1n) is 7.70. The second-order valence-electron chi connectivity index (χ2n) is 5.66. The molecule has 6 nitrogen and oxygen atoms in total. The monoisotopic (exact) mass is 395 g/mol. The summed E-state index contributed by atoms with van der Waals surface area (Å²) in [4.78, 5) is 5.14. The molecule has 2 heterocycles. The summed E-state index contributed by atoms with van der Waals surface area (Å²) < 4.78 is 45.8. The smallest absolute Gasteiger partial charge is 0.405 e. The summed E-state index contributed by atoms with van der Waals surface area (Å²) >= 11 is 5.97. The fourth-order valence-corrected chi connectivity index (χ4v) is 2.81. The molecule has 0 atom stereocenters. The first-order chi connectivity index (χ1) is 12.8. The summed E-state index contributed by atoms with van der Waals surface area (Å²) in [5.41, 5.74) is 0.960. The molecule has 0 saturated heterocycles. The van der Waals surface area contributed by atoms with Gasteiger partial charge in [-0.25, -0.2) is 4.98 Å². The molecule has 0 aliphatic rings. The Morgan fingerprint density at radius 1 is 1.30 bits per heavy atom. The molecule has 3 aromatic rings. The molecule has 0 aliphatic heterocycles. The molecule has 0 spiro atoms. The lowest BCUT2D eigenvalue weighted by atomic mass is 10.2. The van der Waals surface area contributed by atoms with Gasteiger partial charge in [-0.1, -0.05) is 23.7 Å². The minimum atomic E-state index is -4.45. The normalized spacial score (nSPS) is 11.4. The summed E-state index contributed by atoms with van der Waals surface area (Å²) in [5, 5.41) is 13.0. The van der Waals surface area contributed by atoms with Gasteiger partial charge >= 0.3 is 6.18 Å². The predicted octanol–water partition coefficient (Wildman–Crippen LogP) is 3.83. The average Bonchev–Trinajstić information content (AvgIpc) is 3.02. The van der Waals surface area contributed by atoms with Gasteiger partial charge in [0, 0.05) is 12.6 Å². The van der Waals surface area contributed by atoms with Gasteiger partial charge in [0.1, 0.15) is 18.4 Å². The van der Waals surface area contributed by atoms with Gasteiger partial charge in [-0.05, 0) is 17.7 Å². The van der Waals surface area contributed by atoms with Crippen molar-refractivity contribution in [1.82, 2.24) is 14.6 Å². The van der Waals surface area contributed by atoms with E-state index in [2.05, 4.69) is 10.1 Å². The van der Waals surface area contributed by atoms with Crippen molar-refractivity contribution in [1.29, 1.82) is 5.26 Å². The number of imidazole rings is 1. The van der Waals surface area contributed by atoms with Gasteiger partial charge in [0.05, 0.1) is 19.0 Å². The molecule has 0 fully saturated rings. The standard InChI is InChI=1S/C17H13ClF3N5O/c1-27-13-4-2-11(3-5-13)9-25(10-17(19,20)21)14-6-15(18)24-26-12(7-22)8-23-16(14)26/h2-6,8H,9-10H2,1H3. The summed E-state index contributed by atoms with van der Waals surface area (Å²) in [7, 11) is 1.51. The largest absolute Gasteiger partial charge is 0.497 e. The summed E-state index contributed by atoms with van der Waals surface area (Å²) in [6.07, 6.45) is -3.22. The fraction of sp³-hybridized carbons (Fsp3) is 0.235. The van der Waals surface area contributed by atoms with E-state index in [0.717, 1.165) is 9.42 Å². The molecule has 0 N–H and O–H groups in total. The Hall–Kier alpha value is -2.99. The van der Waals surface area contributed by atoms with Crippen molar-refractivity contribution in [2.75, 3.05) is 18.6 Å². The van der Waals surface area contributed by atoms with E-state index in [1.54, 1.807) is 24.3 Å². The van der Waals surface area contributed by atoms with Crippen molar-refractivity contribution >= 4 is 22.9 Å². The molecule has 0 saturated carbocycles. The first kappa shape index (κ1) is 18.8. The highest BCUT2D eigenvalue weighted by atomic mass is 35.5. The van der Waals surface area contributed by atoms with Crippen LogP contribution in [0.1, 0.15) is 11.3 Å². The SMILES string of the molecule is COc1ccc(CN(CC(F)(F)F)c2cc(Cl)nn3c(C#N)cnc23)cc1. The molecule has 10 heteroatoms. The van der Waals surface area contributed by atoms with Crippen LogP contribution in [0, 0.1) is 11.3 Å². The molecule has 0 radical (unpaired) electrons. The Labute approximate surface area is 157 Å². The highest BCUT2D eigenvalue weighted by Gasteiger charge is 2.32. The van der Waals surface area contributed by atoms with Crippen LogP contribution in [0.15, 0.2) is 36.5 Å². The maximum atomic E-state index is 13.2. The first-order valence-corrected chi connectivity index (χ1v) is 8.07. The number of nitriles is 1. The van der Waals surface area contributed by atoms with E-state index in [-0.39, 0.29) is 28.7 Å². The van der Waals surface area contributed by atoms with Crippen LogP contribution in [0.2, 0.25) is 5.15 Å². The zero-order chi connectivity index (χ0) is 19.6. The van der Waals surface area contributed by atoms with Crippen molar-refractivity contribution in [2.24, 2.45) is 0 Å². The van der Waals surface area contributed by atoms with Crippen LogP contribution in [-0.2, 0) is 6.54 Å². The zero-order valence-electron chi connectivity index (χ0n) is 14.0. The van der Waals surface area contributed by atoms with Crippen LogP contribution in [0.4, 0.5) is 18.9 Å². The molecule has 27 heavy (non-hydrogen) atoms. The van der Waals surface area contributed by atoms with Crippen LogP contribution < -0.4 is 9.64 Å². The predicted molar refractivity (Wildman–Crippen MR) is 92.8 cm³/mol. The van der Waals surface area contributed by atoms with E-state index in [0.29, 0.717) is 11.3 Å². The van der Waals surface area contributed by atoms with Gasteiger partial charge in [-0.15, -0.1) is 0 Å². The van der Waals surface area contributed by atoms with Gasteiger partial charge < -0.3 is 9.64 Å². The van der Waals surface area contributed by atoms with E-state index in [1.165, 1.54) is 19.4 Å². The quantitative estimate of drug-likeness (QED) is 0.656. The highest BCUT2D eigenvalue weighted by Crippen LogP contribution is 2.29. The van der Waals surface area contributed by atoms with Gasteiger partial charge in [-0.2, -0.15) is 28.0 Å². The molecule has 140 valence electrons. The minimum Gasteiger partial charge on any atom is -0.497 e. The van der Waals surface area contributed by atoms with Gasteiger partial charge in [-0.3, -0.25) is 0 Å². The molecule has 0 unspecified atom stereocenters. The molecule has 0 amide bonds. The molecule has 1 aromatic carbocycles. The second-order valence-corrected chi connectivity index (χ2v) is 6.05. The van der Waals surface area contributed by atoms with Crippen molar-refractivity contribution in [3.8, 4) is 11.8 Å². The number of methoxy groups -OCH3 is 1. The number of rotatable bonds is 5. The zero-order valence-corrected chi connectivity index (χ0v) is 14.8. The number of hydrogen-bond acceptors (Lipinski definition) is 5. The van der Waals surface area contributed by atoms with Crippen LogP contribution in [0.5, 0.6) is 5.75 Å². The van der Waals surface area contributed by atoms with Gasteiger partial charge in [0.2, 0.25) is 0 Å². The topological polar surface area (TPSA) is 66.5 Å². The second kappa shape index (κ2) is 7.32. The van der Waals surface area contributed by atoms with Crippen LogP contribution in [0.25, 0.3) is 5.65 Å². The van der Waals surface area contributed by atoms with Crippen molar-refractivity contribution in [2.45, 2.75) is 12.7 Å². The summed E-state index contributed by atoms with van der Waals surface area (Å²) in [5.74, 6) is 0.599. The van der Waals surface area contributed by atoms with E-state index in [9.17, 15) is 13.2 Å². The number of nitrogens with zero attached hydrogens (tertiary/aromatic N) is 5. The lowest BCUT2D eigenvalue weighted by Crippen LogP contribution is -2.34. The number of fused-ring (bicyclic) bond motifs is 1. The number of anilines is 1. The molecule has 3 rings (SSSR count). The van der Waals surface area contributed by atoms with Gasteiger partial charge in [0.25, 0.3) is 0 Å². The summed E-state index contributed by atoms with van der Waals surface area (Å²) in [6.45, 7) is -1.27.